The molecule has 1 unspecified atom stereocenters. The largest absolute Gasteiger partial charge is 0.490 e. The molecule has 1 heterocycles. The van der Waals surface area contributed by atoms with Crippen LogP contribution in [0.3, 0.4) is 0 Å². The first-order valence-corrected chi connectivity index (χ1v) is 9.89. The second-order valence-corrected chi connectivity index (χ2v) is 6.32. The van der Waals surface area contributed by atoms with Crippen LogP contribution in [0.25, 0.3) is 6.08 Å². The molecule has 160 valence electrons. The number of unbranched alkanes of at least 4 members (excludes halogenated alkanes) is 1. The van der Waals surface area contributed by atoms with Gasteiger partial charge in [-0.25, -0.2) is 14.8 Å². The maximum atomic E-state index is 12.1. The van der Waals surface area contributed by atoms with Gasteiger partial charge >= 0.3 is 5.97 Å². The van der Waals surface area contributed by atoms with Gasteiger partial charge in [0.25, 0.3) is 5.91 Å². The second kappa shape index (κ2) is 12.2. The van der Waals surface area contributed by atoms with Crippen molar-refractivity contribution in [2.24, 2.45) is 0 Å². The van der Waals surface area contributed by atoms with E-state index in [9.17, 15) is 9.59 Å². The highest BCUT2D eigenvalue weighted by atomic mass is 16.5. The van der Waals surface area contributed by atoms with Crippen molar-refractivity contribution < 1.29 is 23.8 Å². The van der Waals surface area contributed by atoms with Crippen LogP contribution in [-0.4, -0.2) is 41.2 Å². The van der Waals surface area contributed by atoms with Crippen molar-refractivity contribution in [1.82, 2.24) is 9.97 Å². The molecule has 30 heavy (non-hydrogen) atoms. The SMILES string of the molecule is CCCCOc1ccc(/C=C/C(=O)OC(C)C(=O)Nc2ncccn2)cc1OCC. The maximum absolute atomic E-state index is 12.1. The summed E-state index contributed by atoms with van der Waals surface area (Å²) in [5.41, 5.74) is 0.744. The number of aromatic nitrogens is 2. The standard InChI is InChI=1S/C22H27N3O5/c1-4-6-14-29-18-10-8-17(15-19(18)28-5-2)9-11-20(26)30-16(3)21(27)25-22-23-12-7-13-24-22/h7-13,15-16H,4-6,14H2,1-3H3,(H,23,24,25,27)/b11-9+. The molecule has 0 saturated carbocycles. The minimum atomic E-state index is -1.00. The lowest BCUT2D eigenvalue weighted by Crippen LogP contribution is -2.30. The van der Waals surface area contributed by atoms with Gasteiger partial charge in [0.2, 0.25) is 5.95 Å². The molecule has 2 rings (SSSR count). The minimum Gasteiger partial charge on any atom is -0.490 e. The normalized spacial score (nSPS) is 11.7. The highest BCUT2D eigenvalue weighted by Crippen LogP contribution is 2.29. The van der Waals surface area contributed by atoms with Crippen LogP contribution in [0.1, 0.15) is 39.2 Å². The molecule has 1 atom stereocenters. The van der Waals surface area contributed by atoms with Gasteiger partial charge in [0.15, 0.2) is 17.6 Å². The summed E-state index contributed by atoms with van der Waals surface area (Å²) in [5, 5.41) is 2.48. The number of hydrogen-bond acceptors (Lipinski definition) is 7. The summed E-state index contributed by atoms with van der Waals surface area (Å²) in [6.45, 7) is 6.57. The Kier molecular flexibility index (Phi) is 9.30. The van der Waals surface area contributed by atoms with E-state index in [-0.39, 0.29) is 5.95 Å². The first kappa shape index (κ1) is 22.9. The maximum Gasteiger partial charge on any atom is 0.331 e. The van der Waals surface area contributed by atoms with Gasteiger partial charge in [0.1, 0.15) is 0 Å². The van der Waals surface area contributed by atoms with E-state index < -0.39 is 18.0 Å². The van der Waals surface area contributed by atoms with Gasteiger partial charge in [-0.3, -0.25) is 10.1 Å². The molecule has 0 bridgehead atoms. The molecule has 1 aromatic heterocycles. The van der Waals surface area contributed by atoms with Gasteiger partial charge in [-0.2, -0.15) is 0 Å². The zero-order valence-electron chi connectivity index (χ0n) is 17.5. The summed E-state index contributed by atoms with van der Waals surface area (Å²) in [5.74, 6) is 0.256. The number of benzene rings is 1. The summed E-state index contributed by atoms with van der Waals surface area (Å²) in [6, 6.07) is 7.04. The van der Waals surface area contributed by atoms with E-state index in [4.69, 9.17) is 14.2 Å². The van der Waals surface area contributed by atoms with Gasteiger partial charge in [0.05, 0.1) is 13.2 Å². The first-order valence-electron chi connectivity index (χ1n) is 9.89. The van der Waals surface area contributed by atoms with E-state index in [0.717, 1.165) is 18.4 Å². The number of hydrogen-bond donors (Lipinski definition) is 1. The Morgan fingerprint density at radius 1 is 1.13 bits per heavy atom. The zero-order chi connectivity index (χ0) is 21.8. The predicted molar refractivity (Wildman–Crippen MR) is 113 cm³/mol. The number of anilines is 1. The molecule has 1 aromatic carbocycles. The van der Waals surface area contributed by atoms with Crippen LogP contribution in [-0.2, 0) is 14.3 Å². The third-order valence-electron chi connectivity index (χ3n) is 3.90. The molecule has 0 aliphatic rings. The van der Waals surface area contributed by atoms with Gasteiger partial charge in [-0.15, -0.1) is 0 Å². The van der Waals surface area contributed by atoms with Crippen LogP contribution >= 0.6 is 0 Å². The lowest BCUT2D eigenvalue weighted by molar-refractivity contribution is -0.148. The summed E-state index contributed by atoms with van der Waals surface area (Å²) < 4.78 is 16.5. The molecule has 1 N–H and O–H groups in total. The molecule has 0 aliphatic carbocycles. The summed E-state index contributed by atoms with van der Waals surface area (Å²) in [4.78, 5) is 31.9. The summed E-state index contributed by atoms with van der Waals surface area (Å²) in [6.07, 6.45) is 6.84. The molecule has 8 heteroatoms. The predicted octanol–water partition coefficient (Wildman–Crippen LogP) is 3.64. The van der Waals surface area contributed by atoms with Crippen molar-refractivity contribution in [3.05, 3.63) is 48.3 Å². The lowest BCUT2D eigenvalue weighted by Gasteiger charge is -2.12. The fourth-order valence-electron chi connectivity index (χ4n) is 2.35. The molecular formula is C22H27N3O5. The van der Waals surface area contributed by atoms with Crippen molar-refractivity contribution in [3.8, 4) is 11.5 Å². The van der Waals surface area contributed by atoms with Gasteiger partial charge in [0, 0.05) is 18.5 Å². The van der Waals surface area contributed by atoms with Gasteiger partial charge in [-0.05, 0) is 50.1 Å². The number of carbonyl (C=O) groups is 2. The smallest absolute Gasteiger partial charge is 0.331 e. The number of nitrogens with zero attached hydrogens (tertiary/aromatic N) is 2. The molecule has 0 radical (unpaired) electrons. The zero-order valence-corrected chi connectivity index (χ0v) is 17.5. The van der Waals surface area contributed by atoms with Crippen molar-refractivity contribution >= 4 is 23.9 Å². The first-order chi connectivity index (χ1) is 14.5. The highest BCUT2D eigenvalue weighted by Gasteiger charge is 2.17. The summed E-state index contributed by atoms with van der Waals surface area (Å²) in [7, 11) is 0. The van der Waals surface area contributed by atoms with Crippen molar-refractivity contribution in [2.45, 2.75) is 39.7 Å². The van der Waals surface area contributed by atoms with E-state index in [1.165, 1.54) is 25.4 Å². The molecule has 0 fully saturated rings. The van der Waals surface area contributed by atoms with Crippen LogP contribution in [0.4, 0.5) is 5.95 Å². The number of carbonyl (C=O) groups excluding carboxylic acids is 2. The molecule has 2 aromatic rings. The van der Waals surface area contributed by atoms with E-state index in [0.29, 0.717) is 24.7 Å². The molecule has 1 amide bonds. The highest BCUT2D eigenvalue weighted by molar-refractivity contribution is 5.95. The molecule has 0 spiro atoms. The van der Waals surface area contributed by atoms with Crippen LogP contribution in [0, 0.1) is 0 Å². The Morgan fingerprint density at radius 2 is 1.90 bits per heavy atom. The second-order valence-electron chi connectivity index (χ2n) is 6.32. The summed E-state index contributed by atoms with van der Waals surface area (Å²) >= 11 is 0. The van der Waals surface area contributed by atoms with E-state index >= 15 is 0 Å². The van der Waals surface area contributed by atoms with Crippen molar-refractivity contribution in [3.63, 3.8) is 0 Å². The lowest BCUT2D eigenvalue weighted by atomic mass is 10.2. The Labute approximate surface area is 176 Å². The van der Waals surface area contributed by atoms with Crippen LogP contribution in [0.5, 0.6) is 11.5 Å². The van der Waals surface area contributed by atoms with Gasteiger partial charge in [-0.1, -0.05) is 19.4 Å². The van der Waals surface area contributed by atoms with E-state index in [1.807, 2.05) is 19.1 Å². The Bertz CT molecular complexity index is 855. The van der Waals surface area contributed by atoms with Crippen LogP contribution in [0.2, 0.25) is 0 Å². The number of ether oxygens (including phenoxy) is 3. The quantitative estimate of drug-likeness (QED) is 0.341. The van der Waals surface area contributed by atoms with E-state index in [1.54, 1.807) is 18.2 Å². The Hall–Kier alpha value is -3.42. The minimum absolute atomic E-state index is 0.144. The topological polar surface area (TPSA) is 99.6 Å². The molecule has 0 aliphatic heterocycles. The monoisotopic (exact) mass is 413 g/mol. The average molecular weight is 413 g/mol. The number of nitrogens with one attached hydrogen (secondary N) is 1. The Balaban J connectivity index is 1.94. The van der Waals surface area contributed by atoms with Crippen LogP contribution in [0.15, 0.2) is 42.7 Å². The van der Waals surface area contributed by atoms with E-state index in [2.05, 4.69) is 22.2 Å². The average Bonchev–Trinajstić information content (AvgIpc) is 2.74. The molecular weight excluding hydrogens is 386 g/mol. The number of amides is 1. The van der Waals surface area contributed by atoms with Crippen molar-refractivity contribution in [1.29, 1.82) is 0 Å². The van der Waals surface area contributed by atoms with Crippen molar-refractivity contribution in [2.75, 3.05) is 18.5 Å². The Morgan fingerprint density at radius 3 is 2.60 bits per heavy atom. The third-order valence-corrected chi connectivity index (χ3v) is 3.90. The fourth-order valence-corrected chi connectivity index (χ4v) is 2.35. The fraction of sp³-hybridized carbons (Fsp3) is 0.364. The van der Waals surface area contributed by atoms with Gasteiger partial charge < -0.3 is 14.2 Å². The van der Waals surface area contributed by atoms with Crippen LogP contribution < -0.4 is 14.8 Å². The molecule has 8 nitrogen and oxygen atoms in total. The number of rotatable bonds is 11. The third kappa shape index (κ3) is 7.54. The molecule has 0 saturated heterocycles. The number of esters is 1.